The molecule has 11 nitrogen and oxygen atoms in total. The number of esters is 4. The van der Waals surface area contributed by atoms with E-state index in [1.807, 2.05) is 0 Å². The summed E-state index contributed by atoms with van der Waals surface area (Å²) in [5.41, 5.74) is 0.318. The minimum atomic E-state index is -1.37. The second kappa shape index (κ2) is 15.9. The lowest BCUT2D eigenvalue weighted by atomic mass is 9.95. The second-order valence-electron chi connectivity index (χ2n) is 10.3. The Morgan fingerprint density at radius 1 is 1.10 bits per heavy atom. The molecule has 0 spiro atoms. The maximum atomic E-state index is 13.2. The van der Waals surface area contributed by atoms with Gasteiger partial charge in [-0.3, -0.25) is 19.2 Å². The van der Waals surface area contributed by atoms with Gasteiger partial charge in [0.15, 0.2) is 23.6 Å². The van der Waals surface area contributed by atoms with Crippen molar-refractivity contribution in [3.05, 3.63) is 23.5 Å². The van der Waals surface area contributed by atoms with Crippen LogP contribution in [0.3, 0.4) is 0 Å². The second-order valence-corrected chi connectivity index (χ2v) is 10.3. The van der Waals surface area contributed by atoms with Crippen molar-refractivity contribution in [2.75, 3.05) is 6.61 Å². The van der Waals surface area contributed by atoms with Crippen LogP contribution in [0.1, 0.15) is 95.6 Å². The first-order valence-electron chi connectivity index (χ1n) is 14.0. The van der Waals surface area contributed by atoms with E-state index in [-0.39, 0.29) is 24.3 Å². The van der Waals surface area contributed by atoms with Crippen molar-refractivity contribution in [1.29, 1.82) is 0 Å². The zero-order valence-corrected chi connectivity index (χ0v) is 24.3. The number of amides is 1. The summed E-state index contributed by atoms with van der Waals surface area (Å²) in [7, 11) is 0. The predicted octanol–water partition coefficient (Wildman–Crippen LogP) is 3.84. The minimum absolute atomic E-state index is 0.00735. The van der Waals surface area contributed by atoms with Gasteiger partial charge >= 0.3 is 23.9 Å². The normalized spacial score (nSPS) is 21.4. The van der Waals surface area contributed by atoms with Crippen LogP contribution >= 0.6 is 0 Å². The van der Waals surface area contributed by atoms with Crippen LogP contribution in [0.25, 0.3) is 0 Å². The summed E-state index contributed by atoms with van der Waals surface area (Å²) in [6.45, 7) is 9.82. The molecule has 4 atom stereocenters. The Morgan fingerprint density at radius 2 is 1.80 bits per heavy atom. The number of nitrogens with zero attached hydrogens (tertiary/aromatic N) is 1. The van der Waals surface area contributed by atoms with E-state index in [9.17, 15) is 24.0 Å². The molecule has 1 saturated heterocycles. The summed E-state index contributed by atoms with van der Waals surface area (Å²) in [5.74, 6) is -4.74. The summed E-state index contributed by atoms with van der Waals surface area (Å²) in [5, 5.41) is 2.48. The molecule has 0 bridgehead atoms. The lowest BCUT2D eigenvalue weighted by Gasteiger charge is -2.29. The molecule has 1 aliphatic heterocycles. The van der Waals surface area contributed by atoms with Gasteiger partial charge in [-0.1, -0.05) is 53.4 Å². The molecule has 1 N–H and O–H groups in total. The fourth-order valence-electron chi connectivity index (χ4n) is 4.18. The Bertz CT molecular complexity index is 1060. The van der Waals surface area contributed by atoms with Gasteiger partial charge in [-0.05, 0) is 38.3 Å². The number of ether oxygens (including phenoxy) is 4. The molecule has 0 saturated carbocycles. The number of pyridine rings is 1. The fraction of sp³-hybridized carbons (Fsp3) is 0.655. The van der Waals surface area contributed by atoms with Crippen molar-refractivity contribution in [1.82, 2.24) is 10.3 Å². The minimum Gasteiger partial charge on any atom is -0.463 e. The molecular weight excluding hydrogens is 520 g/mol. The molecule has 1 aromatic heterocycles. The highest BCUT2D eigenvalue weighted by molar-refractivity contribution is 5.98. The van der Waals surface area contributed by atoms with Crippen LogP contribution in [0, 0.1) is 18.8 Å². The topological polar surface area (TPSA) is 147 Å². The highest BCUT2D eigenvalue weighted by Crippen LogP contribution is 2.25. The average molecular weight is 563 g/mol. The Hall–Kier alpha value is -3.50. The zero-order valence-electron chi connectivity index (χ0n) is 24.3. The van der Waals surface area contributed by atoms with Gasteiger partial charge in [0.1, 0.15) is 12.7 Å². The van der Waals surface area contributed by atoms with Gasteiger partial charge in [-0.2, -0.15) is 0 Å². The summed E-state index contributed by atoms with van der Waals surface area (Å²) in [4.78, 5) is 67.9. The number of hydrogen-bond acceptors (Lipinski definition) is 10. The Kier molecular flexibility index (Phi) is 13.0. The number of cyclic esters (lactones) is 2. The van der Waals surface area contributed by atoms with Gasteiger partial charge in [-0.15, -0.1) is 0 Å². The molecule has 1 aromatic rings. The lowest BCUT2D eigenvalue weighted by molar-refractivity contribution is -0.176. The standard InChI is InChI=1S/C29H42N2O9/c1-7-9-10-11-12-13-22(32)39-24-18(5)14-15-30-23(24)26(33)31-21-16-37-28(35)20(8-2)25(19(6)38-29(21)36)40-27(34)17(3)4/h14-15,17,19-21,25H,7-13,16H2,1-6H3,(H,31,33)/t19-,20+,21-,25-/m0/s1. The number of carbonyl (C=O) groups is 5. The molecule has 2 rings (SSSR count). The third kappa shape index (κ3) is 9.31. The first kappa shape index (κ1) is 32.7. The molecule has 2 heterocycles. The van der Waals surface area contributed by atoms with E-state index in [4.69, 9.17) is 18.9 Å². The highest BCUT2D eigenvalue weighted by atomic mass is 16.6. The number of rotatable bonds is 12. The van der Waals surface area contributed by atoms with E-state index in [2.05, 4.69) is 17.2 Å². The van der Waals surface area contributed by atoms with Crippen molar-refractivity contribution < 1.29 is 42.9 Å². The van der Waals surface area contributed by atoms with E-state index in [0.717, 1.165) is 25.7 Å². The maximum Gasteiger partial charge on any atom is 0.332 e. The first-order valence-corrected chi connectivity index (χ1v) is 14.0. The van der Waals surface area contributed by atoms with Gasteiger partial charge in [0.2, 0.25) is 0 Å². The predicted molar refractivity (Wildman–Crippen MR) is 144 cm³/mol. The summed E-state index contributed by atoms with van der Waals surface area (Å²) in [6.07, 6.45) is 4.60. The summed E-state index contributed by atoms with van der Waals surface area (Å²) >= 11 is 0. The molecule has 222 valence electrons. The Morgan fingerprint density at radius 3 is 2.45 bits per heavy atom. The van der Waals surface area contributed by atoms with Crippen LogP contribution in [-0.4, -0.2) is 59.6 Å². The van der Waals surface area contributed by atoms with Crippen molar-refractivity contribution in [3.63, 3.8) is 0 Å². The fourth-order valence-corrected chi connectivity index (χ4v) is 4.18. The number of aromatic nitrogens is 1. The number of aryl methyl sites for hydroxylation is 1. The molecule has 0 aromatic carbocycles. The molecule has 1 aliphatic rings. The maximum absolute atomic E-state index is 13.2. The van der Waals surface area contributed by atoms with Crippen LogP contribution in [0.15, 0.2) is 12.3 Å². The monoisotopic (exact) mass is 562 g/mol. The van der Waals surface area contributed by atoms with Crippen LogP contribution in [0.5, 0.6) is 5.75 Å². The largest absolute Gasteiger partial charge is 0.463 e. The summed E-state index contributed by atoms with van der Waals surface area (Å²) < 4.78 is 21.9. The number of unbranched alkanes of at least 4 members (excludes halogenated alkanes) is 4. The lowest BCUT2D eigenvalue weighted by Crippen LogP contribution is -2.47. The van der Waals surface area contributed by atoms with Crippen LogP contribution in [0.4, 0.5) is 0 Å². The Balaban J connectivity index is 2.18. The van der Waals surface area contributed by atoms with Gasteiger partial charge in [0.05, 0.1) is 11.8 Å². The van der Waals surface area contributed by atoms with Crippen molar-refractivity contribution >= 4 is 29.8 Å². The third-order valence-electron chi connectivity index (χ3n) is 6.63. The molecular formula is C29H42N2O9. The zero-order chi connectivity index (χ0) is 29.8. The van der Waals surface area contributed by atoms with E-state index < -0.39 is 66.5 Å². The quantitative estimate of drug-likeness (QED) is 0.226. The van der Waals surface area contributed by atoms with Crippen molar-refractivity contribution in [2.45, 2.75) is 105 Å². The van der Waals surface area contributed by atoms with E-state index in [1.165, 1.54) is 13.1 Å². The van der Waals surface area contributed by atoms with Crippen LogP contribution < -0.4 is 10.1 Å². The van der Waals surface area contributed by atoms with E-state index in [0.29, 0.717) is 12.0 Å². The number of hydrogen-bond donors (Lipinski definition) is 1. The molecule has 0 unspecified atom stereocenters. The smallest absolute Gasteiger partial charge is 0.332 e. The van der Waals surface area contributed by atoms with Crippen molar-refractivity contribution in [3.8, 4) is 5.75 Å². The molecule has 11 heteroatoms. The Labute approximate surface area is 235 Å². The van der Waals surface area contributed by atoms with Gasteiger partial charge in [0, 0.05) is 12.6 Å². The SMILES string of the molecule is CCCCCCCC(=O)Oc1c(C)ccnc1C(=O)N[C@H]1COC(=O)[C@H](CC)[C@@H](OC(=O)C(C)C)[C@H](C)OC1=O. The van der Waals surface area contributed by atoms with Gasteiger partial charge in [-0.25, -0.2) is 9.78 Å². The van der Waals surface area contributed by atoms with Gasteiger partial charge in [0.25, 0.3) is 5.91 Å². The van der Waals surface area contributed by atoms with E-state index in [1.54, 1.807) is 33.8 Å². The molecule has 0 aliphatic carbocycles. The first-order chi connectivity index (χ1) is 19.0. The van der Waals surface area contributed by atoms with Crippen LogP contribution in [-0.2, 0) is 33.4 Å². The van der Waals surface area contributed by atoms with E-state index >= 15 is 0 Å². The average Bonchev–Trinajstić information content (AvgIpc) is 2.94. The molecule has 1 amide bonds. The highest BCUT2D eigenvalue weighted by Gasteiger charge is 2.41. The van der Waals surface area contributed by atoms with Crippen LogP contribution in [0.2, 0.25) is 0 Å². The number of carbonyl (C=O) groups excluding carboxylic acids is 5. The van der Waals surface area contributed by atoms with Gasteiger partial charge < -0.3 is 24.3 Å². The summed E-state index contributed by atoms with van der Waals surface area (Å²) in [6, 6.07) is 0.224. The van der Waals surface area contributed by atoms with Crippen molar-refractivity contribution in [2.24, 2.45) is 11.8 Å². The third-order valence-corrected chi connectivity index (χ3v) is 6.63. The number of nitrogens with one attached hydrogen (secondary N) is 1. The molecule has 40 heavy (non-hydrogen) atoms. The molecule has 0 radical (unpaired) electrons. The molecule has 1 fully saturated rings.